The molecule has 0 atom stereocenters. The average molecular weight is 2910 g/mol. The van der Waals surface area contributed by atoms with Crippen molar-refractivity contribution in [3.63, 3.8) is 0 Å². The van der Waals surface area contributed by atoms with Crippen LogP contribution in [-0.4, -0.2) is 112 Å². The number of rotatable bonds is 25. The predicted molar refractivity (Wildman–Crippen MR) is 522 cm³/mol. The second-order valence-corrected chi connectivity index (χ2v) is 33.4. The molecule has 0 fully saturated rings. The zero-order valence-electron chi connectivity index (χ0n) is 79.1. The zero-order chi connectivity index (χ0) is 99.8. The molecule has 0 aliphatic rings. The van der Waals surface area contributed by atoms with E-state index in [1.54, 1.807) is 36.0 Å². The van der Waals surface area contributed by atoms with Crippen LogP contribution < -0.4 is 14.2 Å². The number of benzene rings is 12. The summed E-state index contributed by atoms with van der Waals surface area (Å²) < 4.78 is 140. The van der Waals surface area contributed by atoms with Crippen molar-refractivity contribution in [3.05, 3.63) is 517 Å². The molecule has 0 bridgehead atoms. The Hall–Kier alpha value is -14.6. The maximum Gasteiger partial charge on any atom is 2.00 e. The van der Waals surface area contributed by atoms with Crippen LogP contribution in [0.25, 0.3) is 56.9 Å². The Balaban J connectivity index is 0.000000155. The summed E-state index contributed by atoms with van der Waals surface area (Å²) in [7, 11) is 3.24. The third-order valence-electron chi connectivity index (χ3n) is 22.6. The summed E-state index contributed by atoms with van der Waals surface area (Å²) in [5.74, 6) is -4.66. The predicted octanol–water partition coefficient (Wildman–Crippen LogP) is 22.5. The largest absolute Gasteiger partial charge is 2.00 e. The van der Waals surface area contributed by atoms with E-state index in [0.29, 0.717) is 46.5 Å². The van der Waals surface area contributed by atoms with Crippen molar-refractivity contribution >= 4 is 11.8 Å². The molecule has 0 saturated heterocycles. The van der Waals surface area contributed by atoms with Gasteiger partial charge in [0, 0.05) is 108 Å². The van der Waals surface area contributed by atoms with Crippen LogP contribution in [0.4, 0.5) is 35.1 Å². The van der Waals surface area contributed by atoms with Crippen molar-refractivity contribution in [2.24, 2.45) is 0 Å². The van der Waals surface area contributed by atoms with E-state index in [4.69, 9.17) is 34.6 Å². The van der Waals surface area contributed by atoms with E-state index in [1.807, 2.05) is 240 Å². The van der Waals surface area contributed by atoms with E-state index < -0.39 is 52.0 Å². The molecule has 0 aliphatic heterocycles. The molecular formula is C112H80F8N20O3Pt5S. The Labute approximate surface area is 928 Å². The number of nitrogens with zero attached hydrogens (tertiary/aromatic N) is 20. The molecule has 10 heterocycles. The Morgan fingerprint density at radius 1 is 0.289 bits per heavy atom. The monoisotopic (exact) mass is 2910 g/mol. The van der Waals surface area contributed by atoms with Crippen LogP contribution in [0, 0.1) is 121 Å². The first-order valence-corrected chi connectivity index (χ1v) is 45.4. The van der Waals surface area contributed by atoms with E-state index >= 15 is 0 Å². The summed E-state index contributed by atoms with van der Waals surface area (Å²) in [6, 6.07) is 115. The van der Waals surface area contributed by atoms with Gasteiger partial charge in [-0.25, -0.2) is 0 Å². The SMILES string of the molecule is CC(C)(c1ccn(-c2[c-]cccc2)n1)c1ccn(-c2[c-]cccc2)n1.COc1cn(-c2[c-]cccc2)nc1Sc1nn(-c2[c-]cccc2)cc1OC.Cc1cn(-c2[c-]cc(F)cc2F)nc1CCc1nn(-c2[c-]cc(F)cc2F)cc1C.Fc1c[c-]c(-n2ccc(Oc3ccn(-c4[c-]cc(F)cc4F)n3)n2)c(F)c1.[Pt+2].[Pt+2].[Pt+2].[Pt+2].[Pt+2].[c-]1ccccc1-n1ccc(C(c2ccccc2)(c2ccccc2)c2ccn(-c3[c-]cccc3)n2)n1. The van der Waals surface area contributed by atoms with Crippen molar-refractivity contribution in [1.29, 1.82) is 0 Å². The third kappa shape index (κ3) is 26.2. The molecule has 0 N–H and O–H groups in total. The number of aromatic nitrogens is 20. The van der Waals surface area contributed by atoms with Crippen LogP contribution >= 0.6 is 11.8 Å². The number of methoxy groups -OCH3 is 2. The Morgan fingerprint density at radius 3 is 0.852 bits per heavy atom. The molecule has 0 aliphatic carbocycles. The van der Waals surface area contributed by atoms with Crippen LogP contribution in [0.1, 0.15) is 70.3 Å². The molecule has 0 radical (unpaired) electrons. The molecule has 149 heavy (non-hydrogen) atoms. The summed E-state index contributed by atoms with van der Waals surface area (Å²) in [5.41, 5.74) is 13.2. The smallest absolute Gasteiger partial charge is 0.492 e. The van der Waals surface area contributed by atoms with Gasteiger partial charge < -0.3 is 14.2 Å². The fourth-order valence-electron chi connectivity index (χ4n) is 15.4. The van der Waals surface area contributed by atoms with Gasteiger partial charge in [-0.15, -0.1) is 95.1 Å². The van der Waals surface area contributed by atoms with E-state index in [2.05, 4.69) is 166 Å². The average Bonchev–Trinajstić information content (AvgIpc) is 1.64. The number of hydrogen-bond donors (Lipinski definition) is 0. The fourth-order valence-corrected chi connectivity index (χ4v) is 16.3. The quantitative estimate of drug-likeness (QED) is 0.0386. The fraction of sp³-hybridized carbons (Fsp3) is 0.0893. The maximum atomic E-state index is 14.0. The Kier molecular flexibility index (Phi) is 38.4. The number of para-hydroxylation sites is 6. The molecule has 22 rings (SSSR count). The summed E-state index contributed by atoms with van der Waals surface area (Å²) in [6.07, 6.45) is 18.7. The van der Waals surface area contributed by atoms with Gasteiger partial charge >= 0.3 is 105 Å². The van der Waals surface area contributed by atoms with E-state index in [1.165, 1.54) is 45.7 Å². The van der Waals surface area contributed by atoms with Crippen molar-refractivity contribution < 1.29 is 155 Å². The van der Waals surface area contributed by atoms with Crippen molar-refractivity contribution in [2.45, 2.75) is 61.4 Å². The van der Waals surface area contributed by atoms with Gasteiger partial charge in [0.15, 0.2) is 21.6 Å². The van der Waals surface area contributed by atoms with E-state index in [0.717, 1.165) is 136 Å². The van der Waals surface area contributed by atoms with Crippen molar-refractivity contribution in [1.82, 2.24) is 97.8 Å². The molecule has 0 spiro atoms. The molecule has 10 aromatic heterocycles. The molecule has 0 unspecified atom stereocenters. The molecule has 23 nitrogen and oxygen atoms in total. The molecule has 12 aromatic carbocycles. The summed E-state index contributed by atoms with van der Waals surface area (Å²) in [6.45, 7) is 7.95. The van der Waals surface area contributed by atoms with Crippen LogP contribution in [0.15, 0.2) is 363 Å². The van der Waals surface area contributed by atoms with E-state index in [-0.39, 0.29) is 145 Å². The van der Waals surface area contributed by atoms with Crippen LogP contribution in [0.2, 0.25) is 0 Å². The second kappa shape index (κ2) is 51.3. The topological polar surface area (TPSA) is 206 Å². The first-order valence-electron chi connectivity index (χ1n) is 44.6. The first kappa shape index (κ1) is 112. The summed E-state index contributed by atoms with van der Waals surface area (Å²) in [4.78, 5) is 0. The first-order chi connectivity index (χ1) is 70.1. The van der Waals surface area contributed by atoms with Gasteiger partial charge in [0.25, 0.3) is 0 Å². The van der Waals surface area contributed by atoms with Gasteiger partial charge in [-0.3, -0.25) is 81.9 Å². The standard InChI is InChI=1S/C31H22N4.C22H16F4N4.C21H18N4.C20H16N4O2S.C18H8F4N4O.5Pt/c1-5-13-25(14-6-1)31(26-15-7-2-8-16-26,29-21-23-34(32-29)27-17-9-3-10-18-27)30-22-24-35(33-30)28-19-11-4-12-20-28;1-13-11-29(21-7-3-15(23)9-17(21)25)27-19(13)5-6-20-14(2)12-30(28-20)22-8-4-16(24)10-18(22)26;1-21(2,19-13-15-24(22-19)17-9-5-3-6-10-17)20-14-16-25(23-20)18-11-7-4-8-12-18;1-25-17-13-23(15-9-5-3-6-10-15)21-19(17)27-20-18(26-2)14-24(22-20)16-11-7-4-8-12-16;19-11-1-3-15(13(21)9-11)25-7-5-17(23-25)27-18-6-8-26(24-18)16-4-2-12(20)10-14(16)22;;;;;/h1-17,19,21-24H;3-4,9-12H,5-6H2,1-2H3;3-9,11,13-16H,1-2H3;3-9,11,13-14H,1-2H3;1-2,5-10H;;;;;/q5*-2;5*+2. The summed E-state index contributed by atoms with van der Waals surface area (Å²) >= 11 is 1.38. The minimum atomic E-state index is -0.837. The Bertz CT molecular complexity index is 7620. The van der Waals surface area contributed by atoms with Gasteiger partial charge in [-0.1, -0.05) is 60.7 Å². The number of hydrogen-bond acceptors (Lipinski definition) is 14. The maximum absolute atomic E-state index is 14.0. The number of aryl methyl sites for hydroxylation is 4. The normalized spacial score (nSPS) is 10.8. The van der Waals surface area contributed by atoms with Crippen molar-refractivity contribution in [3.8, 4) is 80.1 Å². The van der Waals surface area contributed by atoms with Crippen LogP contribution in [0.3, 0.4) is 0 Å². The Morgan fingerprint density at radius 2 is 0.564 bits per heavy atom. The third-order valence-corrected chi connectivity index (χ3v) is 23.5. The van der Waals surface area contributed by atoms with E-state index in [9.17, 15) is 35.1 Å². The molecule has 758 valence electrons. The zero-order valence-corrected chi connectivity index (χ0v) is 91.3. The van der Waals surface area contributed by atoms with Crippen LogP contribution in [0.5, 0.6) is 23.3 Å². The van der Waals surface area contributed by atoms with Crippen LogP contribution in [-0.2, 0) is 129 Å². The second-order valence-electron chi connectivity index (χ2n) is 32.4. The van der Waals surface area contributed by atoms with Gasteiger partial charge in [-0.05, 0) is 156 Å². The van der Waals surface area contributed by atoms with Gasteiger partial charge in [-0.2, -0.15) is 211 Å². The number of halogens is 8. The number of ether oxygens (including phenoxy) is 3. The molecule has 37 heteroatoms. The molecule has 0 amide bonds. The summed E-state index contributed by atoms with van der Waals surface area (Å²) in [5, 5.41) is 47.0. The van der Waals surface area contributed by atoms with Gasteiger partial charge in [0.2, 0.25) is 11.8 Å². The molecule has 22 aromatic rings. The minimum Gasteiger partial charge on any atom is -0.492 e. The van der Waals surface area contributed by atoms with Gasteiger partial charge in [0.05, 0.1) is 66.2 Å². The minimum absolute atomic E-state index is 0. The molecule has 0 saturated carbocycles. The van der Waals surface area contributed by atoms with Crippen molar-refractivity contribution in [2.75, 3.05) is 14.2 Å². The molecular weight excluding hydrogens is 2830 g/mol. The van der Waals surface area contributed by atoms with Gasteiger partial charge in [0.1, 0.15) is 5.41 Å².